The highest BCUT2D eigenvalue weighted by Crippen LogP contribution is 2.37. The summed E-state index contributed by atoms with van der Waals surface area (Å²) in [7, 11) is 3.31. The van der Waals surface area contributed by atoms with Crippen LogP contribution in [0.15, 0.2) is 48.5 Å². The predicted octanol–water partition coefficient (Wildman–Crippen LogP) is 3.52. The minimum absolute atomic E-state index is 0.114. The quantitative estimate of drug-likeness (QED) is 0.571. The number of rotatable bonds is 9. The van der Waals surface area contributed by atoms with Crippen LogP contribution in [0.2, 0.25) is 0 Å². The molecule has 0 unspecified atom stereocenters. The molecule has 0 radical (unpaired) electrons. The minimum atomic E-state index is -0.814. The lowest BCUT2D eigenvalue weighted by atomic mass is 9.74. The molecule has 0 aromatic heterocycles. The lowest BCUT2D eigenvalue weighted by molar-refractivity contribution is -0.127. The fourth-order valence-electron chi connectivity index (χ4n) is 5.29. The van der Waals surface area contributed by atoms with Gasteiger partial charge in [0.05, 0.1) is 14.2 Å². The molecule has 2 aromatic rings. The van der Waals surface area contributed by atoms with Gasteiger partial charge in [-0.1, -0.05) is 42.5 Å². The highest BCUT2D eigenvalue weighted by atomic mass is 16.5. The van der Waals surface area contributed by atoms with E-state index in [1.807, 2.05) is 30.3 Å². The molecule has 7 heteroatoms. The molecule has 33 heavy (non-hydrogen) atoms. The van der Waals surface area contributed by atoms with Crippen molar-refractivity contribution in [1.29, 1.82) is 0 Å². The van der Waals surface area contributed by atoms with Crippen LogP contribution in [0.1, 0.15) is 36.8 Å². The van der Waals surface area contributed by atoms with Crippen molar-refractivity contribution in [2.45, 2.75) is 44.2 Å². The zero-order valence-corrected chi connectivity index (χ0v) is 19.4. The summed E-state index contributed by atoms with van der Waals surface area (Å²) in [6.07, 6.45) is 4.09. The third-order valence-corrected chi connectivity index (χ3v) is 7.01. The monoisotopic (exact) mass is 451 g/mol. The standard InChI is InChI=1S/C26H33N3O4/c1-32-22-12-6-11-20(23(22)33-2)18-29-16-13-21(14-17-29)26(24(30)27-25(31)28-26)15-7-10-19-8-4-3-5-9-19/h3-6,8-9,11-12,21H,7,10,13-18H2,1-2H3,(H2,27,28,30,31)/t26-/m1/s1. The van der Waals surface area contributed by atoms with E-state index < -0.39 is 5.54 Å². The average Bonchev–Trinajstić information content (AvgIpc) is 3.13. The zero-order valence-electron chi connectivity index (χ0n) is 19.4. The number of amides is 3. The third kappa shape index (κ3) is 4.98. The van der Waals surface area contributed by atoms with Crippen LogP contribution in [0.5, 0.6) is 11.5 Å². The van der Waals surface area contributed by atoms with Gasteiger partial charge in [-0.05, 0) is 62.7 Å². The Bertz CT molecular complexity index is 973. The zero-order chi connectivity index (χ0) is 23.3. The summed E-state index contributed by atoms with van der Waals surface area (Å²) >= 11 is 0. The van der Waals surface area contributed by atoms with Gasteiger partial charge in [0.25, 0.3) is 5.91 Å². The summed E-state index contributed by atoms with van der Waals surface area (Å²) in [6.45, 7) is 2.47. The third-order valence-electron chi connectivity index (χ3n) is 7.01. The number of hydrogen-bond acceptors (Lipinski definition) is 5. The molecule has 0 bridgehead atoms. The van der Waals surface area contributed by atoms with Gasteiger partial charge >= 0.3 is 6.03 Å². The van der Waals surface area contributed by atoms with E-state index in [9.17, 15) is 9.59 Å². The number of carbonyl (C=O) groups excluding carboxylic acids is 2. The lowest BCUT2D eigenvalue weighted by Gasteiger charge is -2.41. The molecular weight excluding hydrogens is 418 g/mol. The Morgan fingerprint density at radius 1 is 1.00 bits per heavy atom. The van der Waals surface area contributed by atoms with Crippen LogP contribution >= 0.6 is 0 Å². The molecule has 7 nitrogen and oxygen atoms in total. The van der Waals surface area contributed by atoms with E-state index in [2.05, 4.69) is 33.7 Å². The molecule has 2 fully saturated rings. The molecule has 0 aliphatic carbocycles. The van der Waals surface area contributed by atoms with Gasteiger partial charge in [-0.25, -0.2) is 4.79 Å². The smallest absolute Gasteiger partial charge is 0.322 e. The van der Waals surface area contributed by atoms with Crippen molar-refractivity contribution in [1.82, 2.24) is 15.5 Å². The van der Waals surface area contributed by atoms with Crippen molar-refractivity contribution < 1.29 is 19.1 Å². The number of nitrogens with zero attached hydrogens (tertiary/aromatic N) is 1. The second kappa shape index (κ2) is 10.3. The normalized spacial score (nSPS) is 21.5. The van der Waals surface area contributed by atoms with Crippen LogP contribution in [0.3, 0.4) is 0 Å². The van der Waals surface area contributed by atoms with Crippen LogP contribution in [0, 0.1) is 5.92 Å². The Morgan fingerprint density at radius 2 is 1.76 bits per heavy atom. The summed E-state index contributed by atoms with van der Waals surface area (Å²) in [4.78, 5) is 27.4. The number of nitrogens with one attached hydrogen (secondary N) is 2. The van der Waals surface area contributed by atoms with Crippen molar-refractivity contribution in [2.75, 3.05) is 27.3 Å². The van der Waals surface area contributed by atoms with Crippen molar-refractivity contribution in [2.24, 2.45) is 5.92 Å². The van der Waals surface area contributed by atoms with E-state index in [1.165, 1.54) is 5.56 Å². The minimum Gasteiger partial charge on any atom is -0.493 e. The number of piperidine rings is 1. The molecule has 2 aliphatic heterocycles. The lowest BCUT2D eigenvalue weighted by Crippen LogP contribution is -2.56. The van der Waals surface area contributed by atoms with Gasteiger partial charge in [-0.2, -0.15) is 0 Å². The van der Waals surface area contributed by atoms with E-state index in [4.69, 9.17) is 9.47 Å². The second-order valence-corrected chi connectivity index (χ2v) is 8.92. The number of hydrogen-bond donors (Lipinski definition) is 2. The molecule has 2 aliphatic rings. The van der Waals surface area contributed by atoms with Crippen LogP contribution in [0.25, 0.3) is 0 Å². The summed E-state index contributed by atoms with van der Waals surface area (Å²) < 4.78 is 11.0. The Morgan fingerprint density at radius 3 is 2.39 bits per heavy atom. The molecular formula is C26H33N3O4. The number of methoxy groups -OCH3 is 2. The first-order valence-electron chi connectivity index (χ1n) is 11.7. The number of carbonyl (C=O) groups is 2. The van der Waals surface area contributed by atoms with E-state index in [0.29, 0.717) is 6.42 Å². The van der Waals surface area contributed by atoms with Crippen LogP contribution < -0.4 is 20.1 Å². The number of benzene rings is 2. The molecule has 1 atom stereocenters. The maximum absolute atomic E-state index is 12.9. The Kier molecular flexibility index (Phi) is 7.18. The van der Waals surface area contributed by atoms with Gasteiger partial charge in [0, 0.05) is 12.1 Å². The Balaban J connectivity index is 1.40. The number of imide groups is 1. The van der Waals surface area contributed by atoms with Crippen LogP contribution in [0.4, 0.5) is 4.79 Å². The average molecular weight is 452 g/mol. The van der Waals surface area contributed by atoms with Crippen molar-refractivity contribution in [3.63, 3.8) is 0 Å². The number of urea groups is 1. The van der Waals surface area contributed by atoms with Gasteiger partial charge in [0.1, 0.15) is 5.54 Å². The largest absolute Gasteiger partial charge is 0.493 e. The summed E-state index contributed by atoms with van der Waals surface area (Å²) in [6, 6.07) is 15.8. The Hall–Kier alpha value is -3.06. The first-order valence-corrected chi connectivity index (χ1v) is 11.7. The summed E-state index contributed by atoms with van der Waals surface area (Å²) in [5, 5.41) is 5.52. The molecule has 0 saturated carbocycles. The maximum atomic E-state index is 12.9. The van der Waals surface area contributed by atoms with Gasteiger partial charge < -0.3 is 14.8 Å². The number of aryl methyl sites for hydroxylation is 1. The second-order valence-electron chi connectivity index (χ2n) is 8.92. The van der Waals surface area contributed by atoms with Gasteiger partial charge in [0.2, 0.25) is 0 Å². The summed E-state index contributed by atoms with van der Waals surface area (Å²) in [5.74, 6) is 1.44. The van der Waals surface area contributed by atoms with Crippen molar-refractivity contribution >= 4 is 11.9 Å². The first kappa shape index (κ1) is 23.1. The number of ether oxygens (including phenoxy) is 2. The highest BCUT2D eigenvalue weighted by Gasteiger charge is 2.51. The molecule has 4 rings (SSSR count). The molecule has 2 N–H and O–H groups in total. The van der Waals surface area contributed by atoms with E-state index in [0.717, 1.165) is 62.4 Å². The van der Waals surface area contributed by atoms with Crippen molar-refractivity contribution in [3.8, 4) is 11.5 Å². The van der Waals surface area contributed by atoms with Crippen LogP contribution in [-0.2, 0) is 17.8 Å². The SMILES string of the molecule is COc1cccc(CN2CCC([C@@]3(CCCc4ccccc4)NC(=O)NC3=O)CC2)c1OC. The molecule has 2 aromatic carbocycles. The maximum Gasteiger partial charge on any atom is 0.322 e. The highest BCUT2D eigenvalue weighted by molar-refractivity contribution is 6.07. The number of likely N-dealkylation sites (tertiary alicyclic amines) is 1. The van der Waals surface area contributed by atoms with Gasteiger partial charge in [0.15, 0.2) is 11.5 Å². The first-order chi connectivity index (χ1) is 16.1. The van der Waals surface area contributed by atoms with E-state index >= 15 is 0 Å². The molecule has 2 heterocycles. The number of para-hydroxylation sites is 1. The fraction of sp³-hybridized carbons (Fsp3) is 0.462. The van der Waals surface area contributed by atoms with Crippen LogP contribution in [-0.4, -0.2) is 49.7 Å². The van der Waals surface area contributed by atoms with Gasteiger partial charge in [-0.3, -0.25) is 15.0 Å². The molecule has 176 valence electrons. The van der Waals surface area contributed by atoms with E-state index in [1.54, 1.807) is 14.2 Å². The van der Waals surface area contributed by atoms with E-state index in [-0.39, 0.29) is 17.9 Å². The molecule has 3 amide bonds. The summed E-state index contributed by atoms with van der Waals surface area (Å²) in [5.41, 5.74) is 1.52. The molecule has 2 saturated heterocycles. The molecule has 0 spiro atoms. The van der Waals surface area contributed by atoms with Gasteiger partial charge in [-0.15, -0.1) is 0 Å². The van der Waals surface area contributed by atoms with Crippen molar-refractivity contribution in [3.05, 3.63) is 59.7 Å². The fourth-order valence-corrected chi connectivity index (χ4v) is 5.29. The topological polar surface area (TPSA) is 79.9 Å². The Labute approximate surface area is 195 Å². The predicted molar refractivity (Wildman–Crippen MR) is 126 cm³/mol.